The van der Waals surface area contributed by atoms with Gasteiger partial charge in [0.1, 0.15) is 17.2 Å². The molecule has 0 amide bonds. The second kappa shape index (κ2) is 4.97. The molecule has 0 atom stereocenters. The molecular formula is C14H11ClN2O2. The van der Waals surface area contributed by atoms with Gasteiger partial charge in [0.15, 0.2) is 6.29 Å². The van der Waals surface area contributed by atoms with Gasteiger partial charge >= 0.3 is 0 Å². The molecule has 1 fully saturated rings. The van der Waals surface area contributed by atoms with Gasteiger partial charge < -0.3 is 4.74 Å². The van der Waals surface area contributed by atoms with Crippen LogP contribution in [0, 0.1) is 0 Å². The topological polar surface area (TPSA) is 52.1 Å². The van der Waals surface area contributed by atoms with Crippen LogP contribution in [0.4, 0.5) is 0 Å². The lowest BCUT2D eigenvalue weighted by atomic mass is 10.1. The lowest BCUT2D eigenvalue weighted by Gasteiger charge is -2.07. The third kappa shape index (κ3) is 2.58. The normalized spacial score (nSPS) is 14.2. The van der Waals surface area contributed by atoms with Crippen molar-refractivity contribution < 1.29 is 9.53 Å². The maximum Gasteiger partial charge on any atom is 0.155 e. The summed E-state index contributed by atoms with van der Waals surface area (Å²) in [5.74, 6) is 0.832. The molecule has 0 spiro atoms. The number of aldehydes is 1. The average molecular weight is 275 g/mol. The first-order valence-corrected chi connectivity index (χ1v) is 6.38. The summed E-state index contributed by atoms with van der Waals surface area (Å²) >= 11 is 5.88. The van der Waals surface area contributed by atoms with Gasteiger partial charge in [-0.25, -0.2) is 9.97 Å². The van der Waals surface area contributed by atoms with Gasteiger partial charge in [0.25, 0.3) is 0 Å². The number of hydrogen-bond acceptors (Lipinski definition) is 4. The predicted octanol–water partition coefficient (Wildman–Crippen LogP) is 3.15. The van der Waals surface area contributed by atoms with Crippen molar-refractivity contribution >= 4 is 17.9 Å². The van der Waals surface area contributed by atoms with Crippen molar-refractivity contribution in [3.63, 3.8) is 0 Å². The highest BCUT2D eigenvalue weighted by molar-refractivity contribution is 6.32. The molecule has 1 heterocycles. The van der Waals surface area contributed by atoms with Crippen molar-refractivity contribution in [2.45, 2.75) is 18.9 Å². The van der Waals surface area contributed by atoms with Crippen LogP contribution in [-0.4, -0.2) is 22.4 Å². The monoisotopic (exact) mass is 274 g/mol. The third-order valence-corrected chi connectivity index (χ3v) is 3.21. The van der Waals surface area contributed by atoms with Crippen molar-refractivity contribution in [1.29, 1.82) is 0 Å². The van der Waals surface area contributed by atoms with Crippen molar-refractivity contribution in [2.75, 3.05) is 0 Å². The molecule has 0 N–H and O–H groups in total. The molecule has 1 aromatic heterocycles. The molecule has 2 aromatic rings. The average Bonchev–Trinajstić information content (AvgIpc) is 3.23. The molecule has 0 unspecified atom stereocenters. The predicted molar refractivity (Wildman–Crippen MR) is 71.5 cm³/mol. The number of rotatable bonds is 4. The largest absolute Gasteiger partial charge is 0.490 e. The van der Waals surface area contributed by atoms with Gasteiger partial charge in [-0.2, -0.15) is 0 Å². The van der Waals surface area contributed by atoms with E-state index in [4.69, 9.17) is 16.3 Å². The van der Waals surface area contributed by atoms with Gasteiger partial charge in [-0.15, -0.1) is 0 Å². The third-order valence-electron chi connectivity index (χ3n) is 2.91. The zero-order valence-electron chi connectivity index (χ0n) is 10.0. The highest BCUT2D eigenvalue weighted by Crippen LogP contribution is 2.29. The van der Waals surface area contributed by atoms with Gasteiger partial charge in [0.2, 0.25) is 0 Å². The first-order chi connectivity index (χ1) is 9.28. The summed E-state index contributed by atoms with van der Waals surface area (Å²) in [5, 5.41) is 0.165. The Morgan fingerprint density at radius 1 is 1.21 bits per heavy atom. The molecule has 3 rings (SSSR count). The van der Waals surface area contributed by atoms with E-state index >= 15 is 0 Å². The van der Waals surface area contributed by atoms with E-state index in [2.05, 4.69) is 9.97 Å². The standard InChI is InChI=1S/C14H11ClN2O2/c15-14-12(7-18)13(16-8-17-14)9-1-3-10(4-2-9)19-11-5-6-11/h1-4,7-8,11H,5-6H2. The first kappa shape index (κ1) is 12.1. The smallest absolute Gasteiger partial charge is 0.155 e. The summed E-state index contributed by atoms with van der Waals surface area (Å²) in [6, 6.07) is 7.48. The summed E-state index contributed by atoms with van der Waals surface area (Å²) in [5.41, 5.74) is 1.66. The van der Waals surface area contributed by atoms with Crippen LogP contribution in [0.5, 0.6) is 5.75 Å². The van der Waals surface area contributed by atoms with E-state index in [1.54, 1.807) is 0 Å². The molecule has 1 saturated carbocycles. The molecule has 19 heavy (non-hydrogen) atoms. The molecule has 1 aliphatic carbocycles. The van der Waals surface area contributed by atoms with Crippen LogP contribution < -0.4 is 4.74 Å². The molecule has 96 valence electrons. The molecule has 0 aliphatic heterocycles. The van der Waals surface area contributed by atoms with Crippen LogP contribution >= 0.6 is 11.6 Å². The molecule has 4 nitrogen and oxygen atoms in total. The fraction of sp³-hybridized carbons (Fsp3) is 0.214. The number of carbonyl (C=O) groups is 1. The number of halogens is 1. The Balaban J connectivity index is 1.93. The maximum atomic E-state index is 11.1. The first-order valence-electron chi connectivity index (χ1n) is 6.00. The maximum absolute atomic E-state index is 11.1. The van der Waals surface area contributed by atoms with Crippen molar-refractivity contribution in [3.8, 4) is 17.0 Å². The molecule has 0 saturated heterocycles. The fourth-order valence-corrected chi connectivity index (χ4v) is 1.96. The molecule has 5 heteroatoms. The van der Waals surface area contributed by atoms with Crippen LogP contribution in [-0.2, 0) is 0 Å². The Kier molecular flexibility index (Phi) is 3.17. The summed E-state index contributed by atoms with van der Waals surface area (Å²) in [7, 11) is 0. The zero-order chi connectivity index (χ0) is 13.2. The number of carbonyl (C=O) groups excluding carboxylic acids is 1. The van der Waals surface area contributed by atoms with E-state index in [1.807, 2.05) is 24.3 Å². The van der Waals surface area contributed by atoms with Crippen LogP contribution in [0.25, 0.3) is 11.3 Å². The number of ether oxygens (including phenoxy) is 1. The molecular weight excluding hydrogens is 264 g/mol. The van der Waals surface area contributed by atoms with Crippen molar-refractivity contribution in [2.24, 2.45) is 0 Å². The highest BCUT2D eigenvalue weighted by atomic mass is 35.5. The lowest BCUT2D eigenvalue weighted by Crippen LogP contribution is -1.97. The van der Waals surface area contributed by atoms with E-state index in [1.165, 1.54) is 6.33 Å². The number of benzene rings is 1. The Morgan fingerprint density at radius 3 is 2.58 bits per heavy atom. The zero-order valence-corrected chi connectivity index (χ0v) is 10.8. The van der Waals surface area contributed by atoms with Gasteiger partial charge in [-0.1, -0.05) is 11.6 Å². The number of hydrogen-bond donors (Lipinski definition) is 0. The summed E-state index contributed by atoms with van der Waals surface area (Å²) in [4.78, 5) is 19.0. The van der Waals surface area contributed by atoms with Crippen LogP contribution in [0.3, 0.4) is 0 Å². The van der Waals surface area contributed by atoms with E-state index in [9.17, 15) is 4.79 Å². The van der Waals surface area contributed by atoms with Crippen LogP contribution in [0.1, 0.15) is 23.2 Å². The van der Waals surface area contributed by atoms with E-state index in [0.29, 0.717) is 23.6 Å². The van der Waals surface area contributed by atoms with E-state index < -0.39 is 0 Å². The van der Waals surface area contributed by atoms with Gasteiger partial charge in [0.05, 0.1) is 17.4 Å². The summed E-state index contributed by atoms with van der Waals surface area (Å²) < 4.78 is 5.67. The van der Waals surface area contributed by atoms with Gasteiger partial charge in [0, 0.05) is 5.56 Å². The SMILES string of the molecule is O=Cc1c(Cl)ncnc1-c1ccc(OC2CC2)cc1. The fourth-order valence-electron chi connectivity index (χ4n) is 1.78. The second-order valence-electron chi connectivity index (χ2n) is 4.39. The van der Waals surface area contributed by atoms with Crippen molar-refractivity contribution in [3.05, 3.63) is 41.3 Å². The minimum atomic E-state index is 0.165. The second-order valence-corrected chi connectivity index (χ2v) is 4.74. The molecule has 0 bridgehead atoms. The highest BCUT2D eigenvalue weighted by Gasteiger charge is 2.23. The van der Waals surface area contributed by atoms with Gasteiger partial charge in [-0.05, 0) is 37.1 Å². The minimum Gasteiger partial charge on any atom is -0.490 e. The van der Waals surface area contributed by atoms with Crippen molar-refractivity contribution in [1.82, 2.24) is 9.97 Å². The van der Waals surface area contributed by atoms with E-state index in [0.717, 1.165) is 24.2 Å². The molecule has 1 aliphatic rings. The van der Waals surface area contributed by atoms with Gasteiger partial charge in [-0.3, -0.25) is 4.79 Å². The Labute approximate surface area is 115 Å². The Hall–Kier alpha value is -1.94. The Bertz CT molecular complexity index is 609. The van der Waals surface area contributed by atoms with Crippen LogP contribution in [0.2, 0.25) is 5.15 Å². The van der Waals surface area contributed by atoms with Crippen LogP contribution in [0.15, 0.2) is 30.6 Å². The minimum absolute atomic E-state index is 0.165. The summed E-state index contributed by atoms with van der Waals surface area (Å²) in [6.45, 7) is 0. The quantitative estimate of drug-likeness (QED) is 0.635. The number of nitrogens with zero attached hydrogens (tertiary/aromatic N) is 2. The molecule has 1 aromatic carbocycles. The summed E-state index contributed by atoms with van der Waals surface area (Å²) in [6.07, 6.45) is 4.63. The van der Waals surface area contributed by atoms with E-state index in [-0.39, 0.29) is 5.15 Å². The number of aromatic nitrogens is 2. The Morgan fingerprint density at radius 2 is 1.95 bits per heavy atom. The lowest BCUT2D eigenvalue weighted by molar-refractivity contribution is 0.112. The molecule has 0 radical (unpaired) electrons.